The molecule has 2 bridgehead atoms. The average Bonchev–Trinajstić information content (AvgIpc) is 2.97. The summed E-state index contributed by atoms with van der Waals surface area (Å²) < 4.78 is 0. The van der Waals surface area contributed by atoms with Crippen LogP contribution in [0.2, 0.25) is 0 Å². The van der Waals surface area contributed by atoms with Crippen molar-refractivity contribution in [2.45, 2.75) is 26.2 Å². The van der Waals surface area contributed by atoms with Crippen LogP contribution in [0.3, 0.4) is 0 Å². The standard InChI is InChI=1S/C16H22/c1-4-10-7-13-9-14(10)16-12(6-3)8-11(5-2)15(13)16/h4-6,11-16H,2-3,7-9H2,1H3/b10-4+. The van der Waals surface area contributed by atoms with E-state index in [1.54, 1.807) is 5.57 Å². The fraction of sp³-hybridized carbons (Fsp3) is 0.625. The van der Waals surface area contributed by atoms with Gasteiger partial charge in [0, 0.05) is 0 Å². The maximum Gasteiger partial charge on any atom is -0.0163 e. The van der Waals surface area contributed by atoms with E-state index in [1.807, 2.05) is 0 Å². The molecule has 6 unspecified atom stereocenters. The van der Waals surface area contributed by atoms with Gasteiger partial charge >= 0.3 is 0 Å². The SMILES string of the molecule is C=CC1CC(C=C)C2C3CC(C/C3=C\C)C12. The van der Waals surface area contributed by atoms with Crippen LogP contribution in [0.1, 0.15) is 26.2 Å². The molecule has 0 radical (unpaired) electrons. The molecule has 6 atom stereocenters. The highest BCUT2D eigenvalue weighted by atomic mass is 14.6. The van der Waals surface area contributed by atoms with Crippen molar-refractivity contribution in [1.82, 2.24) is 0 Å². The van der Waals surface area contributed by atoms with Gasteiger partial charge in [0.05, 0.1) is 0 Å². The lowest BCUT2D eigenvalue weighted by atomic mass is 9.74. The highest BCUT2D eigenvalue weighted by Gasteiger charge is 2.57. The lowest BCUT2D eigenvalue weighted by molar-refractivity contribution is 0.253. The van der Waals surface area contributed by atoms with Crippen LogP contribution in [0, 0.1) is 35.5 Å². The van der Waals surface area contributed by atoms with Crippen LogP contribution in [0.4, 0.5) is 0 Å². The number of allylic oxidation sites excluding steroid dienone is 4. The van der Waals surface area contributed by atoms with E-state index in [1.165, 1.54) is 19.3 Å². The third kappa shape index (κ3) is 1.16. The first-order chi connectivity index (χ1) is 7.80. The van der Waals surface area contributed by atoms with Gasteiger partial charge in [-0.25, -0.2) is 0 Å². The van der Waals surface area contributed by atoms with E-state index in [4.69, 9.17) is 0 Å². The van der Waals surface area contributed by atoms with Crippen LogP contribution >= 0.6 is 0 Å². The van der Waals surface area contributed by atoms with Crippen LogP contribution in [-0.4, -0.2) is 0 Å². The van der Waals surface area contributed by atoms with Gasteiger partial charge < -0.3 is 0 Å². The second kappa shape index (κ2) is 3.61. The molecular formula is C16H22. The molecule has 16 heavy (non-hydrogen) atoms. The molecule has 0 amide bonds. The summed E-state index contributed by atoms with van der Waals surface area (Å²) in [5.74, 6) is 5.17. The van der Waals surface area contributed by atoms with Gasteiger partial charge in [-0.05, 0) is 61.7 Å². The Balaban J connectivity index is 1.95. The molecule has 0 aromatic heterocycles. The fourth-order valence-electron chi connectivity index (χ4n) is 4.98. The first-order valence-corrected chi connectivity index (χ1v) is 6.70. The van der Waals surface area contributed by atoms with Crippen molar-refractivity contribution in [3.05, 3.63) is 37.0 Å². The summed E-state index contributed by atoms with van der Waals surface area (Å²) in [5.41, 5.74) is 1.74. The Bertz CT molecular complexity index is 349. The minimum absolute atomic E-state index is 0.748. The number of hydrogen-bond acceptors (Lipinski definition) is 0. The van der Waals surface area contributed by atoms with Gasteiger partial charge in [0.2, 0.25) is 0 Å². The number of fused-ring (bicyclic) bond motifs is 5. The summed E-state index contributed by atoms with van der Waals surface area (Å²) in [4.78, 5) is 0. The van der Waals surface area contributed by atoms with E-state index in [0.717, 1.165) is 35.5 Å². The first kappa shape index (κ1) is 10.4. The Kier molecular flexibility index (Phi) is 2.34. The van der Waals surface area contributed by atoms with Gasteiger partial charge in [-0.15, -0.1) is 13.2 Å². The molecule has 0 N–H and O–H groups in total. The minimum atomic E-state index is 0.748. The topological polar surface area (TPSA) is 0 Å². The monoisotopic (exact) mass is 214 g/mol. The zero-order valence-corrected chi connectivity index (χ0v) is 10.2. The van der Waals surface area contributed by atoms with Crippen LogP contribution < -0.4 is 0 Å². The highest BCUT2D eigenvalue weighted by Crippen LogP contribution is 2.64. The van der Waals surface area contributed by atoms with Crippen LogP contribution in [0.5, 0.6) is 0 Å². The molecule has 0 aromatic rings. The van der Waals surface area contributed by atoms with Crippen molar-refractivity contribution in [2.24, 2.45) is 35.5 Å². The van der Waals surface area contributed by atoms with E-state index in [-0.39, 0.29) is 0 Å². The van der Waals surface area contributed by atoms with Gasteiger partial charge in [-0.3, -0.25) is 0 Å². The largest absolute Gasteiger partial charge is 0.103 e. The lowest BCUT2D eigenvalue weighted by Gasteiger charge is -2.31. The van der Waals surface area contributed by atoms with E-state index >= 15 is 0 Å². The average molecular weight is 214 g/mol. The fourth-order valence-corrected chi connectivity index (χ4v) is 4.98. The van der Waals surface area contributed by atoms with E-state index in [2.05, 4.69) is 38.3 Å². The Labute approximate surface area is 99.1 Å². The first-order valence-electron chi connectivity index (χ1n) is 6.70. The van der Waals surface area contributed by atoms with Crippen molar-refractivity contribution in [3.63, 3.8) is 0 Å². The summed E-state index contributed by atoms with van der Waals surface area (Å²) in [6.07, 6.45) is 10.9. The third-order valence-corrected chi connectivity index (χ3v) is 5.49. The maximum absolute atomic E-state index is 4.05. The normalized spacial score (nSPS) is 51.9. The zero-order valence-electron chi connectivity index (χ0n) is 10.2. The molecule has 3 aliphatic rings. The minimum Gasteiger partial charge on any atom is -0.103 e. The molecule has 3 saturated carbocycles. The Morgan fingerprint density at radius 3 is 2.38 bits per heavy atom. The molecule has 0 heteroatoms. The van der Waals surface area contributed by atoms with Crippen molar-refractivity contribution in [2.75, 3.05) is 0 Å². The van der Waals surface area contributed by atoms with Gasteiger partial charge in [0.15, 0.2) is 0 Å². The zero-order chi connectivity index (χ0) is 11.3. The number of rotatable bonds is 2. The van der Waals surface area contributed by atoms with E-state index < -0.39 is 0 Å². The third-order valence-electron chi connectivity index (χ3n) is 5.49. The molecule has 3 aliphatic carbocycles. The summed E-state index contributed by atoms with van der Waals surface area (Å²) >= 11 is 0. The molecule has 3 fully saturated rings. The maximum atomic E-state index is 4.05. The molecular weight excluding hydrogens is 192 g/mol. The molecule has 0 spiro atoms. The molecule has 0 heterocycles. The van der Waals surface area contributed by atoms with E-state index in [0.29, 0.717) is 0 Å². The smallest absolute Gasteiger partial charge is 0.0163 e. The van der Waals surface area contributed by atoms with E-state index in [9.17, 15) is 0 Å². The Morgan fingerprint density at radius 1 is 1.06 bits per heavy atom. The predicted octanol–water partition coefficient (Wildman–Crippen LogP) is 4.21. The van der Waals surface area contributed by atoms with Crippen LogP contribution in [0.15, 0.2) is 37.0 Å². The summed E-state index contributed by atoms with van der Waals surface area (Å²) in [7, 11) is 0. The summed E-state index contributed by atoms with van der Waals surface area (Å²) in [6, 6.07) is 0. The Hall–Kier alpha value is -0.780. The molecule has 86 valence electrons. The molecule has 3 rings (SSSR count). The van der Waals surface area contributed by atoms with Gasteiger partial charge in [-0.1, -0.05) is 23.8 Å². The molecule has 0 aliphatic heterocycles. The van der Waals surface area contributed by atoms with Crippen molar-refractivity contribution in [3.8, 4) is 0 Å². The Morgan fingerprint density at radius 2 is 1.75 bits per heavy atom. The van der Waals surface area contributed by atoms with Crippen LogP contribution in [0.25, 0.3) is 0 Å². The lowest BCUT2D eigenvalue weighted by Crippen LogP contribution is -2.24. The van der Waals surface area contributed by atoms with Gasteiger partial charge in [0.25, 0.3) is 0 Å². The van der Waals surface area contributed by atoms with Crippen molar-refractivity contribution >= 4 is 0 Å². The second-order valence-electron chi connectivity index (χ2n) is 5.86. The second-order valence-corrected chi connectivity index (χ2v) is 5.86. The predicted molar refractivity (Wildman–Crippen MR) is 68.9 cm³/mol. The summed E-state index contributed by atoms with van der Waals surface area (Å²) in [5, 5.41) is 0. The highest BCUT2D eigenvalue weighted by molar-refractivity contribution is 5.25. The molecule has 0 aromatic carbocycles. The van der Waals surface area contributed by atoms with Gasteiger partial charge in [0.1, 0.15) is 0 Å². The van der Waals surface area contributed by atoms with Crippen molar-refractivity contribution in [1.29, 1.82) is 0 Å². The van der Waals surface area contributed by atoms with Crippen LogP contribution in [-0.2, 0) is 0 Å². The quantitative estimate of drug-likeness (QED) is 0.604. The number of hydrogen-bond donors (Lipinski definition) is 0. The molecule has 0 saturated heterocycles. The summed E-state index contributed by atoms with van der Waals surface area (Å²) in [6.45, 7) is 10.3. The molecule has 0 nitrogen and oxygen atoms in total. The van der Waals surface area contributed by atoms with Gasteiger partial charge in [-0.2, -0.15) is 0 Å². The van der Waals surface area contributed by atoms with Crippen molar-refractivity contribution < 1.29 is 0 Å².